The number of nitro groups is 1. The van der Waals surface area contributed by atoms with Crippen LogP contribution in [0.3, 0.4) is 0 Å². The number of benzene rings is 2. The molecule has 0 fully saturated rings. The number of non-ortho nitro benzene ring substituents is 1. The van der Waals surface area contributed by atoms with Gasteiger partial charge in [0, 0.05) is 24.7 Å². The van der Waals surface area contributed by atoms with Crippen molar-refractivity contribution in [2.24, 2.45) is 7.05 Å². The van der Waals surface area contributed by atoms with Gasteiger partial charge in [0.05, 0.1) is 15.7 Å². The van der Waals surface area contributed by atoms with Crippen LogP contribution in [0.1, 0.15) is 16.2 Å². The molecule has 0 amide bonds. The van der Waals surface area contributed by atoms with Crippen LogP contribution < -0.4 is 4.74 Å². The number of ketones is 1. The Labute approximate surface area is 169 Å². The molecule has 0 aliphatic carbocycles. The van der Waals surface area contributed by atoms with E-state index in [0.29, 0.717) is 21.8 Å². The van der Waals surface area contributed by atoms with Crippen LogP contribution in [0, 0.1) is 10.1 Å². The minimum absolute atomic E-state index is 0.0819. The molecule has 3 aromatic rings. The largest absolute Gasteiger partial charge is 0.484 e. The molecule has 0 N–H and O–H groups in total. The van der Waals surface area contributed by atoms with Gasteiger partial charge in [0.15, 0.2) is 16.8 Å². The zero-order valence-electron chi connectivity index (χ0n) is 14.7. The Kier molecular flexibility index (Phi) is 6.27. The Balaban J connectivity index is 1.61. The monoisotopic (exact) mass is 418 g/mol. The van der Waals surface area contributed by atoms with Crippen molar-refractivity contribution >= 4 is 34.8 Å². The lowest BCUT2D eigenvalue weighted by Gasteiger charge is -2.07. The maximum Gasteiger partial charge on any atom is 0.270 e. The van der Waals surface area contributed by atoms with Crippen LogP contribution in [0.5, 0.6) is 5.75 Å². The maximum absolute atomic E-state index is 12.3. The molecule has 1 heterocycles. The second-order valence-electron chi connectivity index (χ2n) is 5.70. The lowest BCUT2D eigenvalue weighted by Crippen LogP contribution is -2.06. The Bertz CT molecular complexity index is 1020. The maximum atomic E-state index is 12.3. The van der Waals surface area contributed by atoms with Crippen LogP contribution in [0.25, 0.3) is 0 Å². The van der Waals surface area contributed by atoms with Crippen molar-refractivity contribution in [3.63, 3.8) is 0 Å². The van der Waals surface area contributed by atoms with Crippen molar-refractivity contribution in [1.29, 1.82) is 0 Å². The molecule has 0 bridgehead atoms. The molecule has 0 radical (unpaired) electrons. The summed E-state index contributed by atoms with van der Waals surface area (Å²) in [5, 5.41) is 20.0. The average molecular weight is 419 g/mol. The molecule has 0 spiro atoms. The minimum Gasteiger partial charge on any atom is -0.484 e. The predicted octanol–water partition coefficient (Wildman–Crippen LogP) is 3.93. The summed E-state index contributed by atoms with van der Waals surface area (Å²) in [7, 11) is 1.77. The summed E-state index contributed by atoms with van der Waals surface area (Å²) in [6, 6.07) is 12.8. The fourth-order valence-electron chi connectivity index (χ4n) is 2.31. The Hall–Kier alpha value is -2.91. The fourth-order valence-corrected chi connectivity index (χ4v) is 3.32. The minimum atomic E-state index is -0.530. The second-order valence-corrected chi connectivity index (χ2v) is 7.05. The lowest BCUT2D eigenvalue weighted by molar-refractivity contribution is -0.384. The average Bonchev–Trinajstić information content (AvgIpc) is 3.05. The van der Waals surface area contributed by atoms with Crippen LogP contribution in [0.2, 0.25) is 5.02 Å². The number of aromatic nitrogens is 3. The molecule has 1 aromatic heterocycles. The van der Waals surface area contributed by atoms with Crippen LogP contribution in [0.15, 0.2) is 53.7 Å². The molecule has 8 nitrogen and oxygen atoms in total. The molecule has 10 heteroatoms. The van der Waals surface area contributed by atoms with E-state index in [1.54, 1.807) is 29.8 Å². The van der Waals surface area contributed by atoms with Crippen LogP contribution in [0.4, 0.5) is 5.69 Å². The predicted molar refractivity (Wildman–Crippen MR) is 105 cm³/mol. The first kappa shape index (κ1) is 19.8. The number of Topliss-reactive ketones (excluding diaryl/α,β-unsaturated/α-hetero) is 1. The smallest absolute Gasteiger partial charge is 0.270 e. The van der Waals surface area contributed by atoms with Crippen LogP contribution in [-0.4, -0.2) is 31.2 Å². The van der Waals surface area contributed by atoms with Crippen molar-refractivity contribution < 1.29 is 14.5 Å². The van der Waals surface area contributed by atoms with Gasteiger partial charge in [0.1, 0.15) is 12.4 Å². The number of thioether (sulfide) groups is 1. The van der Waals surface area contributed by atoms with Gasteiger partial charge in [0.2, 0.25) is 0 Å². The zero-order chi connectivity index (χ0) is 20.1. The highest BCUT2D eigenvalue weighted by Gasteiger charge is 2.15. The molecular formula is C18H15ClN4O4S. The van der Waals surface area contributed by atoms with Crippen molar-refractivity contribution in [1.82, 2.24) is 14.8 Å². The summed E-state index contributed by atoms with van der Waals surface area (Å²) in [6.07, 6.45) is 0. The standard InChI is InChI=1S/C18H15ClN4O4S/c1-22-17(10-27-16-8-3-2-7-14(16)19)20-21-18(22)28-11-15(24)12-5-4-6-13(9-12)23(25)26/h2-9H,10-11H2,1H3. The first-order valence-corrected chi connectivity index (χ1v) is 9.48. The molecule has 144 valence electrons. The van der Waals surface area contributed by atoms with Gasteiger partial charge >= 0.3 is 0 Å². The van der Waals surface area contributed by atoms with E-state index >= 15 is 0 Å². The number of hydrogen-bond acceptors (Lipinski definition) is 7. The molecule has 0 unspecified atom stereocenters. The molecule has 28 heavy (non-hydrogen) atoms. The molecule has 0 saturated carbocycles. The number of ether oxygens (including phenoxy) is 1. The molecule has 3 rings (SSSR count). The summed E-state index contributed by atoms with van der Waals surface area (Å²) < 4.78 is 7.38. The van der Waals surface area contributed by atoms with Crippen molar-refractivity contribution in [3.05, 3.63) is 75.1 Å². The fraction of sp³-hybridized carbons (Fsp3) is 0.167. The summed E-state index contributed by atoms with van der Waals surface area (Å²) in [6.45, 7) is 0.173. The Morgan fingerprint density at radius 1 is 1.25 bits per heavy atom. The Morgan fingerprint density at radius 3 is 2.79 bits per heavy atom. The number of nitro benzene ring substituents is 1. The SMILES string of the molecule is Cn1c(COc2ccccc2Cl)nnc1SCC(=O)c1cccc([N+](=O)[O-])c1. The summed E-state index contributed by atoms with van der Waals surface area (Å²) in [5.74, 6) is 0.969. The number of rotatable bonds is 8. The first-order chi connectivity index (χ1) is 13.5. The number of hydrogen-bond donors (Lipinski definition) is 0. The van der Waals surface area contributed by atoms with E-state index in [2.05, 4.69) is 10.2 Å². The third-order valence-electron chi connectivity index (χ3n) is 3.83. The summed E-state index contributed by atoms with van der Waals surface area (Å²) in [5.41, 5.74) is 0.166. The van der Waals surface area contributed by atoms with Gasteiger partial charge in [-0.15, -0.1) is 10.2 Å². The van der Waals surface area contributed by atoms with E-state index in [1.165, 1.54) is 30.0 Å². The lowest BCUT2D eigenvalue weighted by atomic mass is 10.1. The van der Waals surface area contributed by atoms with E-state index in [9.17, 15) is 14.9 Å². The topological polar surface area (TPSA) is 100 Å². The molecular weight excluding hydrogens is 404 g/mol. The summed E-state index contributed by atoms with van der Waals surface area (Å²) >= 11 is 7.26. The molecule has 0 aliphatic rings. The number of halogens is 1. The van der Waals surface area contributed by atoms with Crippen LogP contribution >= 0.6 is 23.4 Å². The molecule has 0 aliphatic heterocycles. The van der Waals surface area contributed by atoms with Gasteiger partial charge in [-0.1, -0.05) is 47.6 Å². The van der Waals surface area contributed by atoms with E-state index in [4.69, 9.17) is 16.3 Å². The van der Waals surface area contributed by atoms with E-state index in [1.807, 2.05) is 12.1 Å². The van der Waals surface area contributed by atoms with Gasteiger partial charge in [-0.3, -0.25) is 14.9 Å². The number of carbonyl (C=O) groups excluding carboxylic acids is 1. The number of nitrogens with zero attached hydrogens (tertiary/aromatic N) is 4. The van der Waals surface area contributed by atoms with Crippen molar-refractivity contribution in [2.45, 2.75) is 11.8 Å². The van der Waals surface area contributed by atoms with Gasteiger partial charge in [0.25, 0.3) is 5.69 Å². The normalized spacial score (nSPS) is 10.6. The third-order valence-corrected chi connectivity index (χ3v) is 5.16. The quantitative estimate of drug-likeness (QED) is 0.236. The van der Waals surface area contributed by atoms with Gasteiger partial charge < -0.3 is 9.30 Å². The highest BCUT2D eigenvalue weighted by atomic mass is 35.5. The second kappa shape index (κ2) is 8.85. The number of para-hydroxylation sites is 1. The Morgan fingerprint density at radius 2 is 2.04 bits per heavy atom. The number of carbonyl (C=O) groups is 1. The molecule has 0 atom stereocenters. The highest BCUT2D eigenvalue weighted by Crippen LogP contribution is 2.24. The van der Waals surface area contributed by atoms with E-state index in [-0.39, 0.29) is 29.4 Å². The van der Waals surface area contributed by atoms with Gasteiger partial charge in [-0.2, -0.15) is 0 Å². The third kappa shape index (κ3) is 4.68. The van der Waals surface area contributed by atoms with E-state index in [0.717, 1.165) is 0 Å². The summed E-state index contributed by atoms with van der Waals surface area (Å²) in [4.78, 5) is 22.6. The van der Waals surface area contributed by atoms with E-state index < -0.39 is 4.92 Å². The molecule has 2 aromatic carbocycles. The highest BCUT2D eigenvalue weighted by molar-refractivity contribution is 7.99. The van der Waals surface area contributed by atoms with Gasteiger partial charge in [-0.05, 0) is 12.1 Å². The van der Waals surface area contributed by atoms with Crippen LogP contribution in [-0.2, 0) is 13.7 Å². The van der Waals surface area contributed by atoms with Gasteiger partial charge in [-0.25, -0.2) is 0 Å². The first-order valence-electron chi connectivity index (χ1n) is 8.11. The van der Waals surface area contributed by atoms with Crippen molar-refractivity contribution in [3.8, 4) is 5.75 Å². The zero-order valence-corrected chi connectivity index (χ0v) is 16.3. The molecule has 0 saturated heterocycles. The van der Waals surface area contributed by atoms with Crippen molar-refractivity contribution in [2.75, 3.05) is 5.75 Å².